The van der Waals surface area contributed by atoms with Crippen molar-refractivity contribution < 1.29 is 14.3 Å². The molecule has 1 aliphatic rings. The third-order valence-electron chi connectivity index (χ3n) is 4.61. The van der Waals surface area contributed by atoms with Crippen LogP contribution in [0.2, 0.25) is 5.02 Å². The Morgan fingerprint density at radius 1 is 1.07 bits per heavy atom. The first-order valence-electron chi connectivity index (χ1n) is 9.24. The molecule has 1 aliphatic heterocycles. The van der Waals surface area contributed by atoms with Crippen LogP contribution < -0.4 is 14.8 Å². The van der Waals surface area contributed by atoms with E-state index >= 15 is 0 Å². The van der Waals surface area contributed by atoms with E-state index in [2.05, 4.69) is 9.88 Å². The van der Waals surface area contributed by atoms with Gasteiger partial charge in [0.15, 0.2) is 16.7 Å². The highest BCUT2D eigenvalue weighted by atomic mass is 35.5. The first kappa shape index (κ1) is 18.8. The SMILES string of the molecule is O=C(CSc1nc2ccccc2n1-c1ccccc1)Nc1cc2c(cc1Cl)OCO2. The van der Waals surface area contributed by atoms with Crippen LogP contribution >= 0.6 is 23.4 Å². The number of amides is 1. The van der Waals surface area contributed by atoms with Crippen LogP contribution in [0.5, 0.6) is 11.5 Å². The number of fused-ring (bicyclic) bond motifs is 2. The number of ether oxygens (including phenoxy) is 2. The summed E-state index contributed by atoms with van der Waals surface area (Å²) in [6.45, 7) is 0.147. The van der Waals surface area contributed by atoms with E-state index < -0.39 is 0 Å². The fourth-order valence-corrected chi connectivity index (χ4v) is 4.29. The minimum Gasteiger partial charge on any atom is -0.454 e. The smallest absolute Gasteiger partial charge is 0.234 e. The van der Waals surface area contributed by atoms with E-state index in [0.717, 1.165) is 21.9 Å². The monoisotopic (exact) mass is 437 g/mol. The molecule has 0 saturated heterocycles. The molecule has 0 fully saturated rings. The van der Waals surface area contributed by atoms with Gasteiger partial charge in [0.2, 0.25) is 12.7 Å². The predicted molar refractivity (Wildman–Crippen MR) is 118 cm³/mol. The first-order valence-corrected chi connectivity index (χ1v) is 10.6. The van der Waals surface area contributed by atoms with E-state index in [1.54, 1.807) is 12.1 Å². The van der Waals surface area contributed by atoms with Crippen LogP contribution in [-0.4, -0.2) is 28.0 Å². The molecular weight excluding hydrogens is 422 g/mol. The fraction of sp³-hybridized carbons (Fsp3) is 0.0909. The van der Waals surface area contributed by atoms with Crippen LogP contribution in [0.25, 0.3) is 16.7 Å². The summed E-state index contributed by atoms with van der Waals surface area (Å²) in [7, 11) is 0. The number of nitrogens with zero attached hydrogens (tertiary/aromatic N) is 2. The number of benzene rings is 3. The molecule has 0 saturated carbocycles. The summed E-state index contributed by atoms with van der Waals surface area (Å²) in [5.74, 6) is 1.13. The number of nitrogens with one attached hydrogen (secondary N) is 1. The van der Waals surface area contributed by atoms with Gasteiger partial charge in [-0.2, -0.15) is 0 Å². The molecule has 0 radical (unpaired) electrons. The Kier molecular flexibility index (Phi) is 4.98. The summed E-state index contributed by atoms with van der Waals surface area (Å²) < 4.78 is 12.7. The zero-order valence-corrected chi connectivity index (χ0v) is 17.2. The van der Waals surface area contributed by atoms with Gasteiger partial charge in [-0.15, -0.1) is 0 Å². The Morgan fingerprint density at radius 2 is 1.80 bits per heavy atom. The van der Waals surface area contributed by atoms with Gasteiger partial charge in [0.05, 0.1) is 27.5 Å². The number of thioether (sulfide) groups is 1. The van der Waals surface area contributed by atoms with Crippen molar-refractivity contribution in [2.24, 2.45) is 0 Å². The van der Waals surface area contributed by atoms with Crippen molar-refractivity contribution in [2.75, 3.05) is 17.9 Å². The third-order valence-corrected chi connectivity index (χ3v) is 5.86. The van der Waals surface area contributed by atoms with Crippen molar-refractivity contribution >= 4 is 46.0 Å². The van der Waals surface area contributed by atoms with Gasteiger partial charge < -0.3 is 14.8 Å². The molecule has 4 aromatic rings. The molecule has 0 unspecified atom stereocenters. The highest BCUT2D eigenvalue weighted by Gasteiger charge is 2.19. The normalized spacial score (nSPS) is 12.3. The first-order chi connectivity index (χ1) is 14.7. The Morgan fingerprint density at radius 3 is 2.63 bits per heavy atom. The second-order valence-electron chi connectivity index (χ2n) is 6.58. The van der Waals surface area contributed by atoms with Crippen molar-refractivity contribution in [2.45, 2.75) is 5.16 Å². The number of rotatable bonds is 5. The molecule has 3 aromatic carbocycles. The Balaban J connectivity index is 1.37. The molecule has 2 heterocycles. The largest absolute Gasteiger partial charge is 0.454 e. The van der Waals surface area contributed by atoms with Gasteiger partial charge in [0.1, 0.15) is 0 Å². The third kappa shape index (κ3) is 3.58. The van der Waals surface area contributed by atoms with E-state index in [0.29, 0.717) is 22.2 Å². The summed E-state index contributed by atoms with van der Waals surface area (Å²) in [5, 5.41) is 3.98. The number of anilines is 1. The van der Waals surface area contributed by atoms with Crippen LogP contribution in [0.1, 0.15) is 0 Å². The molecule has 8 heteroatoms. The average Bonchev–Trinajstić information content (AvgIpc) is 3.36. The lowest BCUT2D eigenvalue weighted by atomic mass is 10.2. The number of carbonyl (C=O) groups excluding carboxylic acids is 1. The second-order valence-corrected chi connectivity index (χ2v) is 7.93. The molecule has 6 nitrogen and oxygen atoms in total. The summed E-state index contributed by atoms with van der Waals surface area (Å²) in [5.41, 5.74) is 3.35. The number of carbonyl (C=O) groups is 1. The van der Waals surface area contributed by atoms with Gasteiger partial charge in [0.25, 0.3) is 0 Å². The number of aromatic nitrogens is 2. The minimum absolute atomic E-state index is 0.147. The molecule has 150 valence electrons. The summed E-state index contributed by atoms with van der Waals surface area (Å²) in [4.78, 5) is 17.3. The topological polar surface area (TPSA) is 65.4 Å². The van der Waals surface area contributed by atoms with Crippen molar-refractivity contribution in [3.05, 3.63) is 71.8 Å². The summed E-state index contributed by atoms with van der Waals surface area (Å²) >= 11 is 7.62. The van der Waals surface area contributed by atoms with Gasteiger partial charge in [-0.3, -0.25) is 9.36 Å². The van der Waals surface area contributed by atoms with Gasteiger partial charge in [-0.25, -0.2) is 4.98 Å². The quantitative estimate of drug-likeness (QED) is 0.438. The van der Waals surface area contributed by atoms with Crippen LogP contribution in [0, 0.1) is 0 Å². The number of imidazole rings is 1. The van der Waals surface area contributed by atoms with E-state index in [1.165, 1.54) is 11.8 Å². The van der Waals surface area contributed by atoms with Crippen molar-refractivity contribution in [3.63, 3.8) is 0 Å². The maximum Gasteiger partial charge on any atom is 0.234 e. The van der Waals surface area contributed by atoms with Crippen molar-refractivity contribution in [3.8, 4) is 17.2 Å². The zero-order chi connectivity index (χ0) is 20.5. The lowest BCUT2D eigenvalue weighted by molar-refractivity contribution is -0.113. The number of halogens is 1. The van der Waals surface area contributed by atoms with Crippen LogP contribution in [0.4, 0.5) is 5.69 Å². The number of hydrogen-bond donors (Lipinski definition) is 1. The van der Waals surface area contributed by atoms with Crippen LogP contribution in [0.3, 0.4) is 0 Å². The number of hydrogen-bond acceptors (Lipinski definition) is 5. The molecule has 5 rings (SSSR count). The molecule has 1 aromatic heterocycles. The van der Waals surface area contributed by atoms with E-state index in [4.69, 9.17) is 26.1 Å². The Bertz CT molecular complexity index is 1240. The lowest BCUT2D eigenvalue weighted by Gasteiger charge is -2.10. The maximum atomic E-state index is 12.6. The zero-order valence-electron chi connectivity index (χ0n) is 15.7. The highest BCUT2D eigenvalue weighted by Crippen LogP contribution is 2.39. The van der Waals surface area contributed by atoms with Crippen LogP contribution in [0.15, 0.2) is 71.9 Å². The molecule has 0 bridgehead atoms. The highest BCUT2D eigenvalue weighted by molar-refractivity contribution is 7.99. The summed E-state index contributed by atoms with van der Waals surface area (Å²) in [6.07, 6.45) is 0. The molecule has 30 heavy (non-hydrogen) atoms. The molecule has 1 amide bonds. The Hall–Kier alpha value is -3.16. The molecule has 0 aliphatic carbocycles. The van der Waals surface area contributed by atoms with E-state index in [9.17, 15) is 4.79 Å². The minimum atomic E-state index is -0.188. The fourth-order valence-electron chi connectivity index (χ4n) is 3.26. The van der Waals surface area contributed by atoms with E-state index in [-0.39, 0.29) is 18.5 Å². The summed E-state index contributed by atoms with van der Waals surface area (Å²) in [6, 6.07) is 21.2. The predicted octanol–water partition coefficient (Wildman–Crippen LogP) is 5.14. The van der Waals surface area contributed by atoms with Gasteiger partial charge in [0, 0.05) is 17.8 Å². The van der Waals surface area contributed by atoms with Crippen molar-refractivity contribution in [1.82, 2.24) is 9.55 Å². The number of para-hydroxylation sites is 3. The molecule has 0 spiro atoms. The lowest BCUT2D eigenvalue weighted by Crippen LogP contribution is -2.15. The molecule has 0 atom stereocenters. The average molecular weight is 438 g/mol. The van der Waals surface area contributed by atoms with Gasteiger partial charge in [-0.05, 0) is 24.3 Å². The molecule has 1 N–H and O–H groups in total. The second kappa shape index (κ2) is 7.93. The van der Waals surface area contributed by atoms with Crippen molar-refractivity contribution in [1.29, 1.82) is 0 Å². The Labute approximate surface area is 181 Å². The van der Waals surface area contributed by atoms with Gasteiger partial charge >= 0.3 is 0 Å². The van der Waals surface area contributed by atoms with Crippen LogP contribution in [-0.2, 0) is 4.79 Å². The maximum absolute atomic E-state index is 12.6. The van der Waals surface area contributed by atoms with E-state index in [1.807, 2.05) is 54.6 Å². The van der Waals surface area contributed by atoms with Gasteiger partial charge in [-0.1, -0.05) is 53.7 Å². The standard InChI is InChI=1S/C22H16ClN3O3S/c23-15-10-19-20(29-13-28-19)11-17(15)24-21(27)12-30-22-25-16-8-4-5-9-18(16)26(22)14-6-2-1-3-7-14/h1-11H,12-13H2,(H,24,27). The molecular formula is C22H16ClN3O3S.